The number of nitrogens with one attached hydrogen (secondary N) is 1. The summed E-state index contributed by atoms with van der Waals surface area (Å²) in [5, 5.41) is 3.39. The number of hydrogen-bond acceptors (Lipinski definition) is 2. The van der Waals surface area contributed by atoms with Crippen LogP contribution in [0.5, 0.6) is 0 Å². The van der Waals surface area contributed by atoms with Crippen LogP contribution in [0.1, 0.15) is 17.3 Å². The van der Waals surface area contributed by atoms with Gasteiger partial charge in [0.15, 0.2) is 0 Å². The Labute approximate surface area is 154 Å². The van der Waals surface area contributed by atoms with E-state index in [-0.39, 0.29) is 20.7 Å². The molecule has 0 aliphatic carbocycles. The Hall–Kier alpha value is -2.61. The molecule has 1 N–H and O–H groups in total. The van der Waals surface area contributed by atoms with Crippen molar-refractivity contribution in [1.29, 1.82) is 0 Å². The fourth-order valence-electron chi connectivity index (χ4n) is 2.41. The number of para-hydroxylation sites is 1. The van der Waals surface area contributed by atoms with E-state index in [0.717, 1.165) is 11.4 Å². The molecule has 0 aromatic heterocycles. The molecule has 3 rings (SSSR count). The molecule has 0 heterocycles. The van der Waals surface area contributed by atoms with Gasteiger partial charge in [-0.25, -0.2) is 0 Å². The van der Waals surface area contributed by atoms with Crippen LogP contribution in [-0.4, -0.2) is 20.7 Å². The van der Waals surface area contributed by atoms with E-state index in [1.807, 2.05) is 49.4 Å². The standard InChI is InChI=1S/C22H19NOSe/c1-17(16-21(24)18-10-4-2-5-11-18)23-20-14-8-9-15-22(20)25-19-12-6-3-7-13-19/h2-16,23H,1H3. The summed E-state index contributed by atoms with van der Waals surface area (Å²) in [5.74, 6) is 0.0108. The first kappa shape index (κ1) is 17.2. The summed E-state index contributed by atoms with van der Waals surface area (Å²) < 4.78 is 2.59. The molecule has 0 fully saturated rings. The van der Waals surface area contributed by atoms with Crippen molar-refractivity contribution < 1.29 is 4.79 Å². The summed E-state index contributed by atoms with van der Waals surface area (Å²) in [6, 6.07) is 28.1. The Kier molecular flexibility index (Phi) is 5.84. The van der Waals surface area contributed by atoms with E-state index in [0.29, 0.717) is 5.56 Å². The molecule has 25 heavy (non-hydrogen) atoms. The van der Waals surface area contributed by atoms with Crippen molar-refractivity contribution in [3.05, 3.63) is 102 Å². The summed E-state index contributed by atoms with van der Waals surface area (Å²) in [5.41, 5.74) is 2.59. The van der Waals surface area contributed by atoms with Crippen LogP contribution in [-0.2, 0) is 0 Å². The molecule has 2 nitrogen and oxygen atoms in total. The zero-order chi connectivity index (χ0) is 17.5. The SMILES string of the molecule is CC(=CC(=O)c1ccccc1)Nc1ccccc1[Se]c1ccccc1. The van der Waals surface area contributed by atoms with Crippen molar-refractivity contribution in [3.63, 3.8) is 0 Å². The van der Waals surface area contributed by atoms with Gasteiger partial charge in [0.05, 0.1) is 0 Å². The molecule has 0 radical (unpaired) electrons. The van der Waals surface area contributed by atoms with Gasteiger partial charge in [-0.15, -0.1) is 0 Å². The van der Waals surface area contributed by atoms with Gasteiger partial charge in [-0.05, 0) is 0 Å². The van der Waals surface area contributed by atoms with E-state index in [1.54, 1.807) is 6.08 Å². The van der Waals surface area contributed by atoms with Gasteiger partial charge in [0.1, 0.15) is 0 Å². The molecular formula is C22H19NOSe. The molecule has 0 saturated carbocycles. The third-order valence-electron chi connectivity index (χ3n) is 3.60. The first-order valence-electron chi connectivity index (χ1n) is 8.09. The van der Waals surface area contributed by atoms with E-state index in [1.165, 1.54) is 8.92 Å². The van der Waals surface area contributed by atoms with E-state index in [2.05, 4.69) is 47.8 Å². The molecular weight excluding hydrogens is 373 g/mol. The minimum atomic E-state index is 0.0108. The number of rotatable bonds is 6. The average molecular weight is 392 g/mol. The van der Waals surface area contributed by atoms with E-state index in [9.17, 15) is 4.79 Å². The normalized spacial score (nSPS) is 11.2. The monoisotopic (exact) mass is 393 g/mol. The average Bonchev–Trinajstić information content (AvgIpc) is 2.65. The minimum absolute atomic E-state index is 0.0108. The van der Waals surface area contributed by atoms with Crippen molar-refractivity contribution in [2.75, 3.05) is 5.32 Å². The molecule has 0 atom stereocenters. The molecule has 0 aliphatic heterocycles. The number of carbonyl (C=O) groups is 1. The maximum atomic E-state index is 12.3. The van der Waals surface area contributed by atoms with Crippen LogP contribution >= 0.6 is 0 Å². The van der Waals surface area contributed by atoms with Gasteiger partial charge in [0, 0.05) is 0 Å². The third kappa shape index (κ3) is 4.93. The van der Waals surface area contributed by atoms with Crippen LogP contribution in [0.2, 0.25) is 0 Å². The number of ketones is 1. The summed E-state index contributed by atoms with van der Waals surface area (Å²) in [6.45, 7) is 1.92. The summed E-state index contributed by atoms with van der Waals surface area (Å²) >= 11 is 0.217. The molecule has 0 bridgehead atoms. The molecule has 0 aliphatic rings. The molecule has 3 heteroatoms. The fraction of sp³-hybridized carbons (Fsp3) is 0.0455. The Morgan fingerprint density at radius 1 is 0.840 bits per heavy atom. The van der Waals surface area contributed by atoms with Crippen LogP contribution in [0, 0.1) is 0 Å². The molecule has 3 aromatic carbocycles. The van der Waals surface area contributed by atoms with Gasteiger partial charge in [-0.2, -0.15) is 0 Å². The summed E-state index contributed by atoms with van der Waals surface area (Å²) in [7, 11) is 0. The van der Waals surface area contributed by atoms with Gasteiger partial charge >= 0.3 is 155 Å². The van der Waals surface area contributed by atoms with Crippen molar-refractivity contribution >= 4 is 35.4 Å². The molecule has 3 aromatic rings. The fourth-order valence-corrected chi connectivity index (χ4v) is 4.34. The Morgan fingerprint density at radius 2 is 1.44 bits per heavy atom. The first-order chi connectivity index (χ1) is 12.2. The first-order valence-corrected chi connectivity index (χ1v) is 9.80. The van der Waals surface area contributed by atoms with Crippen molar-refractivity contribution in [2.45, 2.75) is 6.92 Å². The number of hydrogen-bond donors (Lipinski definition) is 1. The topological polar surface area (TPSA) is 29.1 Å². The zero-order valence-electron chi connectivity index (χ0n) is 14.0. The molecule has 0 spiro atoms. The Morgan fingerprint density at radius 3 is 2.16 bits per heavy atom. The van der Waals surface area contributed by atoms with Crippen molar-refractivity contribution in [3.8, 4) is 0 Å². The van der Waals surface area contributed by atoms with Gasteiger partial charge < -0.3 is 0 Å². The predicted octanol–water partition coefficient (Wildman–Crippen LogP) is 3.54. The summed E-state index contributed by atoms with van der Waals surface area (Å²) in [6.07, 6.45) is 1.65. The molecule has 0 saturated heterocycles. The molecule has 0 unspecified atom stereocenters. The van der Waals surface area contributed by atoms with Gasteiger partial charge in [-0.1, -0.05) is 0 Å². The van der Waals surface area contributed by atoms with E-state index < -0.39 is 0 Å². The second-order valence-electron chi connectivity index (χ2n) is 5.59. The predicted molar refractivity (Wildman–Crippen MR) is 106 cm³/mol. The van der Waals surface area contributed by atoms with E-state index in [4.69, 9.17) is 0 Å². The molecule has 124 valence electrons. The van der Waals surface area contributed by atoms with E-state index >= 15 is 0 Å². The number of carbonyl (C=O) groups excluding carboxylic acids is 1. The van der Waals surface area contributed by atoms with Gasteiger partial charge in [0.25, 0.3) is 0 Å². The quantitative estimate of drug-likeness (QED) is 0.395. The number of benzene rings is 3. The van der Waals surface area contributed by atoms with Crippen LogP contribution in [0.3, 0.4) is 0 Å². The van der Waals surface area contributed by atoms with Gasteiger partial charge in [-0.3, -0.25) is 0 Å². The Bertz CT molecular complexity index is 873. The number of anilines is 1. The van der Waals surface area contributed by atoms with Crippen LogP contribution in [0.4, 0.5) is 5.69 Å². The van der Waals surface area contributed by atoms with Crippen LogP contribution in [0.25, 0.3) is 0 Å². The second kappa shape index (κ2) is 8.48. The maximum absolute atomic E-state index is 12.3. The van der Waals surface area contributed by atoms with Gasteiger partial charge in [0.2, 0.25) is 0 Å². The summed E-state index contributed by atoms with van der Waals surface area (Å²) in [4.78, 5) is 12.3. The van der Waals surface area contributed by atoms with Crippen molar-refractivity contribution in [2.24, 2.45) is 0 Å². The zero-order valence-corrected chi connectivity index (χ0v) is 15.7. The second-order valence-corrected chi connectivity index (χ2v) is 7.93. The van der Waals surface area contributed by atoms with Crippen LogP contribution < -0.4 is 14.2 Å². The third-order valence-corrected chi connectivity index (χ3v) is 5.87. The van der Waals surface area contributed by atoms with Crippen molar-refractivity contribution in [1.82, 2.24) is 0 Å². The number of allylic oxidation sites excluding steroid dienone is 2. The Balaban J connectivity index is 1.76. The van der Waals surface area contributed by atoms with Crippen LogP contribution in [0.15, 0.2) is 96.7 Å². The molecule has 0 amide bonds.